The van der Waals surface area contributed by atoms with Crippen molar-refractivity contribution < 1.29 is 24.7 Å². The molecule has 0 saturated carbocycles. The second kappa shape index (κ2) is 8.68. The molecular weight excluding hydrogens is 324 g/mol. The number of benzene rings is 2. The molecule has 0 unspecified atom stereocenters. The number of rotatable bonds is 7. The minimum absolute atomic E-state index is 0.157. The third-order valence-corrected chi connectivity index (χ3v) is 3.84. The van der Waals surface area contributed by atoms with Gasteiger partial charge < -0.3 is 19.9 Å². The molecule has 2 aromatic rings. The lowest BCUT2D eigenvalue weighted by Crippen LogP contribution is -2.16. The molecule has 0 fully saturated rings. The fraction of sp³-hybridized carbons (Fsp3) is 0.278. The normalized spacial score (nSPS) is 12.2. The van der Waals surface area contributed by atoms with E-state index >= 15 is 0 Å². The van der Waals surface area contributed by atoms with Gasteiger partial charge in [-0.05, 0) is 41.8 Å². The van der Waals surface area contributed by atoms with Gasteiger partial charge in [0, 0.05) is 12.0 Å². The van der Waals surface area contributed by atoms with Crippen molar-refractivity contribution in [3.05, 3.63) is 42.0 Å². The Hall–Kier alpha value is -3.09. The summed E-state index contributed by atoms with van der Waals surface area (Å²) in [6, 6.07) is 11.1. The van der Waals surface area contributed by atoms with Crippen molar-refractivity contribution in [1.29, 1.82) is 0 Å². The predicted octanol–water partition coefficient (Wildman–Crippen LogP) is 3.20. The van der Waals surface area contributed by atoms with Crippen LogP contribution in [0.3, 0.4) is 0 Å². The van der Waals surface area contributed by atoms with E-state index < -0.39 is 0 Å². The van der Waals surface area contributed by atoms with Crippen LogP contribution in [0.4, 0.5) is 0 Å². The number of hydrogen-bond acceptors (Lipinski definition) is 7. The second-order valence-electron chi connectivity index (χ2n) is 5.35. The highest BCUT2D eigenvalue weighted by Crippen LogP contribution is 2.22. The molecule has 7 heteroatoms. The van der Waals surface area contributed by atoms with E-state index in [1.807, 2.05) is 30.3 Å². The highest BCUT2D eigenvalue weighted by Gasteiger charge is 2.15. The van der Waals surface area contributed by atoms with Gasteiger partial charge in [0.2, 0.25) is 0 Å². The Labute approximate surface area is 145 Å². The number of esters is 1. The zero-order valence-corrected chi connectivity index (χ0v) is 14.1. The molecule has 2 rings (SSSR count). The van der Waals surface area contributed by atoms with Crippen molar-refractivity contribution in [2.24, 2.45) is 10.3 Å². The van der Waals surface area contributed by atoms with Gasteiger partial charge >= 0.3 is 5.97 Å². The summed E-state index contributed by atoms with van der Waals surface area (Å²) >= 11 is 0. The molecule has 7 nitrogen and oxygen atoms in total. The maximum Gasteiger partial charge on any atom is 0.305 e. The molecular formula is C18H20N2O5. The monoisotopic (exact) mass is 344 g/mol. The molecule has 0 aliphatic rings. The summed E-state index contributed by atoms with van der Waals surface area (Å²) in [5.41, 5.74) is 0.954. The topological polar surface area (TPSA) is 101 Å². The van der Waals surface area contributed by atoms with E-state index in [0.717, 1.165) is 16.5 Å². The van der Waals surface area contributed by atoms with Crippen LogP contribution < -0.4 is 4.74 Å². The van der Waals surface area contributed by atoms with E-state index in [-0.39, 0.29) is 30.2 Å². The van der Waals surface area contributed by atoms with Crippen LogP contribution in [0.2, 0.25) is 0 Å². The van der Waals surface area contributed by atoms with Gasteiger partial charge in [0.05, 0.1) is 14.2 Å². The molecule has 0 radical (unpaired) electrons. The molecule has 0 bridgehead atoms. The number of fused-ring (bicyclic) bond motifs is 1. The third-order valence-electron chi connectivity index (χ3n) is 3.84. The quantitative estimate of drug-likeness (QED) is 0.348. The Bertz CT molecular complexity index is 814. The highest BCUT2D eigenvalue weighted by molar-refractivity contribution is 6.48. The molecule has 0 aliphatic heterocycles. The van der Waals surface area contributed by atoms with Crippen molar-refractivity contribution in [3.8, 4) is 5.75 Å². The number of ether oxygens (including phenoxy) is 2. The van der Waals surface area contributed by atoms with Crippen molar-refractivity contribution in [1.82, 2.24) is 0 Å². The Morgan fingerprint density at radius 3 is 2.36 bits per heavy atom. The first-order valence-electron chi connectivity index (χ1n) is 7.71. The fourth-order valence-corrected chi connectivity index (χ4v) is 2.50. The van der Waals surface area contributed by atoms with Gasteiger partial charge in [0.15, 0.2) is 0 Å². The van der Waals surface area contributed by atoms with Crippen LogP contribution in [0.25, 0.3) is 10.8 Å². The van der Waals surface area contributed by atoms with Crippen LogP contribution in [-0.4, -0.2) is 42.0 Å². The summed E-state index contributed by atoms with van der Waals surface area (Å²) < 4.78 is 9.77. The van der Waals surface area contributed by atoms with Gasteiger partial charge in [0.1, 0.15) is 17.2 Å². The molecule has 2 N–H and O–H groups in total. The van der Waals surface area contributed by atoms with Crippen molar-refractivity contribution in [2.75, 3.05) is 14.2 Å². The maximum atomic E-state index is 11.2. The van der Waals surface area contributed by atoms with Crippen molar-refractivity contribution >= 4 is 28.2 Å². The highest BCUT2D eigenvalue weighted by atomic mass is 16.5. The summed E-state index contributed by atoms with van der Waals surface area (Å²) in [5, 5.41) is 27.0. The van der Waals surface area contributed by atoms with E-state index in [1.165, 1.54) is 7.11 Å². The molecule has 0 amide bonds. The molecule has 0 heterocycles. The van der Waals surface area contributed by atoms with Gasteiger partial charge in [-0.1, -0.05) is 28.5 Å². The molecule has 132 valence electrons. The Morgan fingerprint density at radius 1 is 1.00 bits per heavy atom. The second-order valence-corrected chi connectivity index (χ2v) is 5.35. The minimum Gasteiger partial charge on any atom is -0.497 e. The molecule has 0 aromatic heterocycles. The lowest BCUT2D eigenvalue weighted by Gasteiger charge is -2.09. The average molecular weight is 344 g/mol. The lowest BCUT2D eigenvalue weighted by molar-refractivity contribution is -0.140. The minimum atomic E-state index is -0.348. The van der Waals surface area contributed by atoms with Crippen LogP contribution in [-0.2, 0) is 9.53 Å². The van der Waals surface area contributed by atoms with E-state index in [0.29, 0.717) is 12.0 Å². The first-order chi connectivity index (χ1) is 12.1. The molecule has 25 heavy (non-hydrogen) atoms. The van der Waals surface area contributed by atoms with E-state index in [2.05, 4.69) is 15.0 Å². The van der Waals surface area contributed by atoms with E-state index in [4.69, 9.17) is 4.74 Å². The molecule has 0 aliphatic carbocycles. The largest absolute Gasteiger partial charge is 0.497 e. The first-order valence-corrected chi connectivity index (χ1v) is 7.71. The first kappa shape index (κ1) is 18.3. The Balaban J connectivity index is 2.23. The smallest absolute Gasteiger partial charge is 0.305 e. The maximum absolute atomic E-state index is 11.2. The number of nitrogens with zero attached hydrogens (tertiary/aromatic N) is 2. The number of methoxy groups -OCH3 is 2. The standard InChI is InChI=1S/C18H20N2O5/c1-24-15-9-8-12-10-14(7-6-13(12)11-15)18(20-23)16(19-22)4-3-5-17(21)25-2/h6-11,22-23H,3-5H2,1-2H3/b19-16+,20-18+. The number of carbonyl (C=O) groups is 1. The molecule has 0 spiro atoms. The van der Waals surface area contributed by atoms with Gasteiger partial charge in [-0.3, -0.25) is 4.79 Å². The Morgan fingerprint density at radius 2 is 1.72 bits per heavy atom. The summed E-state index contributed by atoms with van der Waals surface area (Å²) in [4.78, 5) is 11.2. The number of carbonyl (C=O) groups excluding carboxylic acids is 1. The fourth-order valence-electron chi connectivity index (χ4n) is 2.50. The summed E-state index contributed by atoms with van der Waals surface area (Å²) in [5.74, 6) is 0.399. The van der Waals surface area contributed by atoms with Gasteiger partial charge in [0.25, 0.3) is 0 Å². The predicted molar refractivity (Wildman–Crippen MR) is 93.9 cm³/mol. The zero-order valence-electron chi connectivity index (χ0n) is 14.1. The van der Waals surface area contributed by atoms with E-state index in [1.54, 1.807) is 13.2 Å². The van der Waals surface area contributed by atoms with Gasteiger partial charge in [-0.25, -0.2) is 0 Å². The zero-order chi connectivity index (χ0) is 18.2. The van der Waals surface area contributed by atoms with Crippen LogP contribution in [0, 0.1) is 0 Å². The number of hydrogen-bond donors (Lipinski definition) is 2. The number of oxime groups is 2. The third kappa shape index (κ3) is 4.47. The Kier molecular flexibility index (Phi) is 6.33. The summed E-state index contributed by atoms with van der Waals surface area (Å²) in [6.07, 6.45) is 0.868. The molecule has 0 atom stereocenters. The van der Waals surface area contributed by atoms with Crippen LogP contribution in [0.15, 0.2) is 46.7 Å². The van der Waals surface area contributed by atoms with E-state index in [9.17, 15) is 15.2 Å². The van der Waals surface area contributed by atoms with Crippen LogP contribution in [0.5, 0.6) is 5.75 Å². The van der Waals surface area contributed by atoms with Gasteiger partial charge in [-0.15, -0.1) is 0 Å². The SMILES string of the molecule is COC(=O)CCCC(=N\O)/C(=N/O)c1ccc2cc(OC)ccc2c1. The van der Waals surface area contributed by atoms with Crippen LogP contribution in [0.1, 0.15) is 24.8 Å². The molecule has 0 saturated heterocycles. The molecule has 2 aromatic carbocycles. The summed E-state index contributed by atoms with van der Waals surface area (Å²) in [6.45, 7) is 0. The van der Waals surface area contributed by atoms with Crippen LogP contribution >= 0.6 is 0 Å². The van der Waals surface area contributed by atoms with Crippen molar-refractivity contribution in [3.63, 3.8) is 0 Å². The summed E-state index contributed by atoms with van der Waals surface area (Å²) in [7, 11) is 2.92. The average Bonchev–Trinajstić information content (AvgIpc) is 2.66. The van der Waals surface area contributed by atoms with Gasteiger partial charge in [-0.2, -0.15) is 0 Å². The lowest BCUT2D eigenvalue weighted by atomic mass is 9.98. The van der Waals surface area contributed by atoms with Crippen molar-refractivity contribution in [2.45, 2.75) is 19.3 Å².